The molecule has 1 fully saturated rings. The molecule has 0 saturated carbocycles. The fourth-order valence-electron chi connectivity index (χ4n) is 2.32. The Kier molecular flexibility index (Phi) is 6.83. The second-order valence-corrected chi connectivity index (χ2v) is 6.14. The van der Waals surface area contributed by atoms with Gasteiger partial charge in [-0.05, 0) is 25.0 Å². The van der Waals surface area contributed by atoms with Crippen LogP contribution < -0.4 is 10.1 Å². The lowest BCUT2D eigenvalue weighted by Crippen LogP contribution is -2.29. The number of carboxylic acids is 1. The minimum atomic E-state index is -0.996. The van der Waals surface area contributed by atoms with Gasteiger partial charge in [0.25, 0.3) is 0 Å². The van der Waals surface area contributed by atoms with Gasteiger partial charge in [0.15, 0.2) is 0 Å². The van der Waals surface area contributed by atoms with Crippen LogP contribution >= 0.6 is 23.9 Å². The van der Waals surface area contributed by atoms with E-state index >= 15 is 0 Å². The quantitative estimate of drug-likeness (QED) is 0.641. The Hall–Kier alpha value is -1.15. The molecule has 0 unspecified atom stereocenters. The van der Waals surface area contributed by atoms with E-state index in [2.05, 4.69) is 18.7 Å². The van der Waals surface area contributed by atoms with Crippen LogP contribution in [-0.2, 0) is 8.57 Å². The molecule has 0 radical (unpaired) electrons. The van der Waals surface area contributed by atoms with Crippen molar-refractivity contribution in [3.63, 3.8) is 0 Å². The number of rotatable bonds is 9. The van der Waals surface area contributed by atoms with E-state index in [0.29, 0.717) is 16.4 Å². The molecule has 23 heavy (non-hydrogen) atoms. The summed E-state index contributed by atoms with van der Waals surface area (Å²) in [5.74, 6) is -0.996. The third-order valence-electron chi connectivity index (χ3n) is 3.59. The van der Waals surface area contributed by atoms with Crippen LogP contribution in [0, 0.1) is 0 Å². The predicted octanol–water partition coefficient (Wildman–Crippen LogP) is 4.69. The van der Waals surface area contributed by atoms with Crippen molar-refractivity contribution in [3.05, 3.63) is 22.7 Å². The lowest BCUT2D eigenvalue weighted by atomic mass is 10.1. The monoisotopic (exact) mass is 360 g/mol. The number of carbonyl (C=O) groups is 1. The minimum Gasteiger partial charge on any atom is -0.478 e. The van der Waals surface area contributed by atoms with E-state index in [1.807, 2.05) is 0 Å². The number of anilines is 2. The maximum Gasteiger partial charge on any atom is 0.337 e. The summed E-state index contributed by atoms with van der Waals surface area (Å²) in [5.41, 5.74) is 1.22. The van der Waals surface area contributed by atoms with Gasteiger partial charge in [-0.3, -0.25) is 0 Å². The van der Waals surface area contributed by atoms with Crippen LogP contribution in [-0.4, -0.2) is 24.2 Å². The van der Waals surface area contributed by atoms with Gasteiger partial charge in [-0.1, -0.05) is 43.5 Å². The fourth-order valence-corrected chi connectivity index (χ4v) is 2.83. The molecule has 128 valence electrons. The number of hydrogen-bond donors (Lipinski definition) is 1. The third-order valence-corrected chi connectivity index (χ3v) is 4.29. The van der Waals surface area contributed by atoms with Crippen LogP contribution in [0.15, 0.2) is 12.1 Å². The molecule has 0 aliphatic carbocycles. The Morgan fingerprint density at radius 1 is 1.26 bits per heavy atom. The Morgan fingerprint density at radius 2 is 1.87 bits per heavy atom. The molecule has 0 spiro atoms. The number of nitrogens with zero attached hydrogens (tertiary/aromatic N) is 2. The molecule has 1 aromatic rings. The van der Waals surface area contributed by atoms with Gasteiger partial charge in [0.05, 0.1) is 16.3 Å². The van der Waals surface area contributed by atoms with Gasteiger partial charge in [0.2, 0.25) is 12.3 Å². The minimum absolute atomic E-state index is 0.195. The second kappa shape index (κ2) is 8.63. The van der Waals surface area contributed by atoms with Gasteiger partial charge in [0, 0.05) is 13.1 Å². The van der Waals surface area contributed by atoms with Crippen LogP contribution in [0.2, 0.25) is 5.02 Å². The van der Waals surface area contributed by atoms with Crippen LogP contribution in [0.5, 0.6) is 0 Å². The Bertz CT molecular complexity index is 547. The molecule has 0 bridgehead atoms. The van der Waals surface area contributed by atoms with E-state index in [4.69, 9.17) is 20.2 Å². The zero-order chi connectivity index (χ0) is 16.8. The molecule has 0 aromatic heterocycles. The van der Waals surface area contributed by atoms with Crippen molar-refractivity contribution >= 4 is 41.3 Å². The first-order valence-electron chi connectivity index (χ1n) is 7.71. The summed E-state index contributed by atoms with van der Waals surface area (Å²) in [5, 5.41) is 11.1. The number of hydrogen-bond acceptors (Lipinski definition) is 6. The van der Waals surface area contributed by atoms with Gasteiger partial charge in [-0.2, -0.15) is 0 Å². The topological polar surface area (TPSA) is 62.2 Å². The van der Waals surface area contributed by atoms with Crippen molar-refractivity contribution < 1.29 is 18.5 Å². The molecule has 0 atom stereocenters. The normalized spacial score (nSPS) is 13.8. The molecule has 6 nitrogen and oxygen atoms in total. The molecule has 0 amide bonds. The van der Waals surface area contributed by atoms with Crippen molar-refractivity contribution in [1.82, 2.24) is 0 Å². The van der Waals surface area contributed by atoms with Crippen molar-refractivity contribution in [1.29, 1.82) is 0 Å². The zero-order valence-corrected chi connectivity index (χ0v) is 14.8. The maximum absolute atomic E-state index is 11.7. The highest BCUT2D eigenvalue weighted by atomic mass is 35.5. The molecular formula is C15H21ClN2O4S. The number of aromatic carboxylic acids is 1. The van der Waals surface area contributed by atoms with Gasteiger partial charge in [0.1, 0.15) is 5.69 Å². The lowest BCUT2D eigenvalue weighted by Gasteiger charge is -2.30. The lowest BCUT2D eigenvalue weighted by molar-refractivity contribution is 0.0269. The van der Waals surface area contributed by atoms with Crippen LogP contribution in [0.1, 0.15) is 49.9 Å². The number of halogens is 1. The standard InChI is InChI=1S/C15H21ClN2O4S/c1-3-5-7-17(8-6-4-2)13-10-12(16)14(18-21-23-22-18)9-11(13)15(19)20/h9-10H,3-8H2,1-2H3,(H,19,20). The smallest absolute Gasteiger partial charge is 0.337 e. The van der Waals surface area contributed by atoms with Gasteiger partial charge >= 0.3 is 5.97 Å². The fraction of sp³-hybridized carbons (Fsp3) is 0.533. The Labute approximate surface area is 145 Å². The number of unbranched alkanes of at least 4 members (excludes halogenated alkanes) is 2. The molecule has 1 aliphatic rings. The summed E-state index contributed by atoms with van der Waals surface area (Å²) >= 11 is 7.10. The van der Waals surface area contributed by atoms with Gasteiger partial charge in [-0.15, -0.1) is 8.57 Å². The summed E-state index contributed by atoms with van der Waals surface area (Å²) < 4.78 is 10.00. The molecule has 1 aliphatic heterocycles. The first-order chi connectivity index (χ1) is 11.1. The zero-order valence-electron chi connectivity index (χ0n) is 13.2. The Balaban J connectivity index is 2.36. The average Bonchev–Trinajstić information content (AvgIpc) is 2.47. The van der Waals surface area contributed by atoms with E-state index in [0.717, 1.165) is 56.3 Å². The van der Waals surface area contributed by atoms with E-state index in [1.54, 1.807) is 6.07 Å². The van der Waals surface area contributed by atoms with Gasteiger partial charge in [-0.25, -0.2) is 4.79 Å². The first-order valence-corrected chi connectivity index (χ1v) is 8.76. The van der Waals surface area contributed by atoms with Crippen molar-refractivity contribution in [2.75, 3.05) is 23.2 Å². The van der Waals surface area contributed by atoms with E-state index in [9.17, 15) is 9.90 Å². The van der Waals surface area contributed by atoms with E-state index < -0.39 is 5.97 Å². The second-order valence-electron chi connectivity index (χ2n) is 5.29. The molecule has 1 saturated heterocycles. The molecule has 8 heteroatoms. The van der Waals surface area contributed by atoms with Crippen LogP contribution in [0.4, 0.5) is 11.4 Å². The van der Waals surface area contributed by atoms with Crippen LogP contribution in [0.3, 0.4) is 0 Å². The maximum atomic E-state index is 11.7. The van der Waals surface area contributed by atoms with Gasteiger partial charge < -0.3 is 10.0 Å². The highest BCUT2D eigenvalue weighted by molar-refractivity contribution is 7.90. The van der Waals surface area contributed by atoms with Crippen molar-refractivity contribution in [2.24, 2.45) is 0 Å². The van der Waals surface area contributed by atoms with Crippen molar-refractivity contribution in [2.45, 2.75) is 39.5 Å². The summed E-state index contributed by atoms with van der Waals surface area (Å²) in [6, 6.07) is 3.17. The number of carboxylic acid groups (broad SMARTS) is 1. The number of benzene rings is 1. The Morgan fingerprint density at radius 3 is 2.30 bits per heavy atom. The van der Waals surface area contributed by atoms with Crippen molar-refractivity contribution in [3.8, 4) is 0 Å². The summed E-state index contributed by atoms with van der Waals surface area (Å²) in [6.45, 7) is 5.84. The highest BCUT2D eigenvalue weighted by Crippen LogP contribution is 2.39. The van der Waals surface area contributed by atoms with Crippen LogP contribution in [0.25, 0.3) is 0 Å². The highest BCUT2D eigenvalue weighted by Gasteiger charge is 2.27. The third kappa shape index (κ3) is 4.44. The van der Waals surface area contributed by atoms with E-state index in [-0.39, 0.29) is 5.56 Å². The molecule has 1 N–H and O–H groups in total. The SMILES string of the molecule is CCCCN(CCCC)c1cc(Cl)c(N2OSO2)cc1C(=O)O. The molecular weight excluding hydrogens is 340 g/mol. The largest absolute Gasteiger partial charge is 0.478 e. The average molecular weight is 361 g/mol. The molecule has 1 aromatic carbocycles. The summed E-state index contributed by atoms with van der Waals surface area (Å²) in [7, 11) is 0. The first kappa shape index (κ1) is 18.2. The molecule has 1 heterocycles. The summed E-state index contributed by atoms with van der Waals surface area (Å²) in [4.78, 5) is 13.8. The predicted molar refractivity (Wildman–Crippen MR) is 92.7 cm³/mol. The summed E-state index contributed by atoms with van der Waals surface area (Å²) in [6.07, 6.45) is 4.08. The van der Waals surface area contributed by atoms with E-state index in [1.165, 1.54) is 6.07 Å². The molecule has 2 rings (SSSR count).